The van der Waals surface area contributed by atoms with Crippen molar-refractivity contribution in [3.63, 3.8) is 0 Å². The van der Waals surface area contributed by atoms with Crippen LogP contribution in [0.15, 0.2) is 0 Å². The summed E-state index contributed by atoms with van der Waals surface area (Å²) in [6, 6.07) is 0.231. The second-order valence-electron chi connectivity index (χ2n) is 3.43. The Kier molecular flexibility index (Phi) is 9.14. The fraction of sp³-hybridized carbons (Fsp3) is 1.00. The van der Waals surface area contributed by atoms with Crippen LogP contribution in [0.3, 0.4) is 0 Å². The third kappa shape index (κ3) is 4.73. The van der Waals surface area contributed by atoms with E-state index in [4.69, 9.17) is 0 Å². The van der Waals surface area contributed by atoms with Crippen LogP contribution in [0, 0.1) is 0 Å². The van der Waals surface area contributed by atoms with Gasteiger partial charge in [0, 0.05) is 25.2 Å². The van der Waals surface area contributed by atoms with Crippen LogP contribution < -0.4 is 10.6 Å². The first-order valence-electron chi connectivity index (χ1n) is 4.36. The summed E-state index contributed by atoms with van der Waals surface area (Å²) in [4.78, 5) is 0. The lowest BCUT2D eigenvalue weighted by molar-refractivity contribution is 0.171. The molecule has 2 aliphatic heterocycles. The van der Waals surface area contributed by atoms with E-state index < -0.39 is 12.3 Å². The van der Waals surface area contributed by atoms with Crippen molar-refractivity contribution in [1.82, 2.24) is 10.6 Å². The van der Waals surface area contributed by atoms with Crippen molar-refractivity contribution in [3.05, 3.63) is 0 Å². The lowest BCUT2D eigenvalue weighted by atomic mass is 10.1. The summed E-state index contributed by atoms with van der Waals surface area (Å²) in [5.41, 5.74) is 0. The van der Waals surface area contributed by atoms with Crippen LogP contribution in [0.25, 0.3) is 0 Å². The minimum atomic E-state index is -0.579. The first-order valence-corrected chi connectivity index (χ1v) is 4.36. The maximum atomic E-state index is 11.8. The van der Waals surface area contributed by atoms with E-state index in [1.807, 2.05) is 13.8 Å². The summed E-state index contributed by atoms with van der Waals surface area (Å²) in [5.74, 6) is 0. The zero-order valence-electron chi connectivity index (χ0n) is 8.30. The monoisotopic (exact) mass is 250 g/mol. The SMILES string of the molecule is C[C@@H]1NC[C@@H]1F.C[C@H]1NC[C@H]1F.Cl.Cl. The minimum absolute atomic E-state index is 0. The van der Waals surface area contributed by atoms with Gasteiger partial charge in [0.15, 0.2) is 0 Å². The lowest BCUT2D eigenvalue weighted by Gasteiger charge is -2.28. The Bertz CT molecular complexity index is 119. The molecule has 0 aromatic heterocycles. The Hall–Kier alpha value is 0.360. The van der Waals surface area contributed by atoms with Gasteiger partial charge in [-0.3, -0.25) is 0 Å². The van der Waals surface area contributed by atoms with Crippen molar-refractivity contribution in [3.8, 4) is 0 Å². The number of rotatable bonds is 0. The molecular weight excluding hydrogens is 233 g/mol. The van der Waals surface area contributed by atoms with Crippen LogP contribution in [-0.4, -0.2) is 37.5 Å². The third-order valence-corrected chi connectivity index (χ3v) is 2.35. The van der Waals surface area contributed by atoms with Gasteiger partial charge in [0.2, 0.25) is 0 Å². The first-order chi connectivity index (χ1) is 5.61. The Labute approximate surface area is 96.0 Å². The fourth-order valence-electron chi connectivity index (χ4n) is 0.885. The second kappa shape index (κ2) is 7.63. The van der Waals surface area contributed by atoms with Crippen LogP contribution in [-0.2, 0) is 0 Å². The molecule has 14 heavy (non-hydrogen) atoms. The summed E-state index contributed by atoms with van der Waals surface area (Å²) in [6.07, 6.45) is -1.16. The van der Waals surface area contributed by atoms with Gasteiger partial charge in [-0.25, -0.2) is 8.78 Å². The van der Waals surface area contributed by atoms with Crippen molar-refractivity contribution in [2.45, 2.75) is 38.3 Å². The molecule has 88 valence electrons. The van der Waals surface area contributed by atoms with Gasteiger partial charge in [-0.2, -0.15) is 0 Å². The molecule has 0 bridgehead atoms. The third-order valence-electron chi connectivity index (χ3n) is 2.35. The second-order valence-corrected chi connectivity index (χ2v) is 3.43. The number of alkyl halides is 2. The average molecular weight is 251 g/mol. The first kappa shape index (κ1) is 16.8. The number of hydrogen-bond donors (Lipinski definition) is 2. The Morgan fingerprint density at radius 1 is 0.857 bits per heavy atom. The molecule has 2 heterocycles. The Balaban J connectivity index is 0. The molecule has 4 atom stereocenters. The van der Waals surface area contributed by atoms with E-state index in [2.05, 4.69) is 10.6 Å². The molecule has 2 saturated heterocycles. The van der Waals surface area contributed by atoms with Crippen LogP contribution in [0.5, 0.6) is 0 Å². The molecule has 2 nitrogen and oxygen atoms in total. The van der Waals surface area contributed by atoms with Crippen molar-refractivity contribution in [2.24, 2.45) is 0 Å². The Morgan fingerprint density at radius 2 is 1.07 bits per heavy atom. The van der Waals surface area contributed by atoms with Gasteiger partial charge in [-0.15, -0.1) is 24.8 Å². The molecule has 0 amide bonds. The zero-order chi connectivity index (χ0) is 9.14. The average Bonchev–Trinajstić information content (AvgIpc) is 2.12. The predicted molar refractivity (Wildman–Crippen MR) is 59.2 cm³/mol. The number of nitrogens with one attached hydrogen (secondary N) is 2. The summed E-state index contributed by atoms with van der Waals surface area (Å²) < 4.78 is 23.7. The molecule has 2 aliphatic rings. The van der Waals surface area contributed by atoms with Crippen LogP contribution in [0.1, 0.15) is 13.8 Å². The molecule has 0 radical (unpaired) electrons. The van der Waals surface area contributed by atoms with Gasteiger partial charge in [0.1, 0.15) is 12.3 Å². The summed E-state index contributed by atoms with van der Waals surface area (Å²) in [7, 11) is 0. The smallest absolute Gasteiger partial charge is 0.127 e. The van der Waals surface area contributed by atoms with E-state index in [1.165, 1.54) is 0 Å². The lowest BCUT2D eigenvalue weighted by Crippen LogP contribution is -2.52. The van der Waals surface area contributed by atoms with Crippen LogP contribution >= 0.6 is 24.8 Å². The molecule has 0 aromatic carbocycles. The Morgan fingerprint density at radius 3 is 1.07 bits per heavy atom. The molecule has 0 unspecified atom stereocenters. The van der Waals surface area contributed by atoms with Gasteiger partial charge in [0.25, 0.3) is 0 Å². The van der Waals surface area contributed by atoms with Gasteiger partial charge >= 0.3 is 0 Å². The predicted octanol–water partition coefficient (Wildman–Crippen LogP) is 1.48. The highest BCUT2D eigenvalue weighted by atomic mass is 35.5. The maximum absolute atomic E-state index is 11.8. The van der Waals surface area contributed by atoms with E-state index in [0.717, 1.165) is 0 Å². The van der Waals surface area contributed by atoms with E-state index in [0.29, 0.717) is 13.1 Å². The molecule has 0 aliphatic carbocycles. The molecular formula is C8H18Cl2F2N2. The van der Waals surface area contributed by atoms with Crippen LogP contribution in [0.2, 0.25) is 0 Å². The number of hydrogen-bond acceptors (Lipinski definition) is 2. The quantitative estimate of drug-likeness (QED) is 0.681. The van der Waals surface area contributed by atoms with Crippen molar-refractivity contribution >= 4 is 24.8 Å². The van der Waals surface area contributed by atoms with Crippen molar-refractivity contribution in [1.29, 1.82) is 0 Å². The van der Waals surface area contributed by atoms with E-state index in [-0.39, 0.29) is 36.9 Å². The highest BCUT2D eigenvalue weighted by Gasteiger charge is 2.24. The zero-order valence-corrected chi connectivity index (χ0v) is 9.93. The van der Waals surface area contributed by atoms with Crippen molar-refractivity contribution in [2.75, 3.05) is 13.1 Å². The summed E-state index contributed by atoms with van der Waals surface area (Å²) in [5, 5.41) is 5.77. The number of halogens is 4. The highest BCUT2D eigenvalue weighted by molar-refractivity contribution is 5.85. The molecule has 2 fully saturated rings. The van der Waals surface area contributed by atoms with Gasteiger partial charge in [-0.1, -0.05) is 0 Å². The minimum Gasteiger partial charge on any atom is -0.308 e. The van der Waals surface area contributed by atoms with Crippen molar-refractivity contribution < 1.29 is 8.78 Å². The molecule has 0 aromatic rings. The van der Waals surface area contributed by atoms with E-state index in [9.17, 15) is 8.78 Å². The fourth-order valence-corrected chi connectivity index (χ4v) is 0.885. The molecule has 0 spiro atoms. The summed E-state index contributed by atoms with van der Waals surface area (Å²) in [6.45, 7) is 4.80. The summed E-state index contributed by atoms with van der Waals surface area (Å²) >= 11 is 0. The normalized spacial score (nSPS) is 38.6. The largest absolute Gasteiger partial charge is 0.308 e. The van der Waals surface area contributed by atoms with Gasteiger partial charge < -0.3 is 10.6 Å². The molecule has 0 saturated carbocycles. The molecule has 2 N–H and O–H groups in total. The molecule has 2 rings (SSSR count). The highest BCUT2D eigenvalue weighted by Crippen LogP contribution is 2.05. The van der Waals surface area contributed by atoms with E-state index >= 15 is 0 Å². The standard InChI is InChI=1S/2C4H8FN.2ClH/c2*1-3-4(5)2-6-3;;/h2*3-4,6H,2H2,1H3;2*1H/t2*3-,4-;;/m10../s1. The van der Waals surface area contributed by atoms with Crippen LogP contribution in [0.4, 0.5) is 8.78 Å². The van der Waals surface area contributed by atoms with E-state index in [1.54, 1.807) is 0 Å². The topological polar surface area (TPSA) is 24.1 Å². The van der Waals surface area contributed by atoms with Gasteiger partial charge in [0.05, 0.1) is 0 Å². The maximum Gasteiger partial charge on any atom is 0.127 e. The molecule has 6 heteroatoms. The van der Waals surface area contributed by atoms with Gasteiger partial charge in [-0.05, 0) is 13.8 Å².